The molecule has 4 nitrogen and oxygen atoms in total. The third kappa shape index (κ3) is 2.75. The molecule has 1 aromatic rings. The standard InChI is InChI=1S/C13H20ClN3O/c1-9-10(2)16-13(12(14)15-9)17(7-4-8-18)11-5-3-6-11/h11,18H,3-8H2,1-2H3. The highest BCUT2D eigenvalue weighted by Crippen LogP contribution is 2.32. The maximum absolute atomic E-state index is 9.01. The SMILES string of the molecule is Cc1nc(Cl)c(N(CCCO)C2CCC2)nc1C. The molecule has 0 aromatic carbocycles. The molecule has 0 radical (unpaired) electrons. The van der Waals surface area contributed by atoms with Crippen molar-refractivity contribution < 1.29 is 5.11 Å². The van der Waals surface area contributed by atoms with Gasteiger partial charge in [0.2, 0.25) is 0 Å². The third-order valence-electron chi connectivity index (χ3n) is 3.59. The zero-order chi connectivity index (χ0) is 13.1. The molecule has 100 valence electrons. The molecule has 1 fully saturated rings. The molecule has 1 heterocycles. The van der Waals surface area contributed by atoms with Gasteiger partial charge in [-0.3, -0.25) is 0 Å². The van der Waals surface area contributed by atoms with Gasteiger partial charge in [-0.05, 0) is 39.5 Å². The Kier molecular flexibility index (Phi) is 4.40. The monoisotopic (exact) mass is 269 g/mol. The van der Waals surface area contributed by atoms with E-state index in [9.17, 15) is 0 Å². The van der Waals surface area contributed by atoms with Crippen LogP contribution < -0.4 is 4.90 Å². The fourth-order valence-corrected chi connectivity index (χ4v) is 2.43. The van der Waals surface area contributed by atoms with Gasteiger partial charge in [0.15, 0.2) is 11.0 Å². The van der Waals surface area contributed by atoms with E-state index in [0.29, 0.717) is 11.2 Å². The van der Waals surface area contributed by atoms with Gasteiger partial charge in [0.25, 0.3) is 0 Å². The quantitative estimate of drug-likeness (QED) is 0.892. The van der Waals surface area contributed by atoms with Crippen molar-refractivity contribution in [2.24, 2.45) is 0 Å². The molecular formula is C13H20ClN3O. The molecule has 0 bridgehead atoms. The minimum atomic E-state index is 0.194. The molecule has 1 aliphatic rings. The predicted molar refractivity (Wildman–Crippen MR) is 73.2 cm³/mol. The van der Waals surface area contributed by atoms with Crippen molar-refractivity contribution in [1.29, 1.82) is 0 Å². The summed E-state index contributed by atoms with van der Waals surface area (Å²) in [6.07, 6.45) is 4.35. The number of aryl methyl sites for hydroxylation is 2. The van der Waals surface area contributed by atoms with Crippen LogP contribution in [-0.4, -0.2) is 34.3 Å². The molecule has 0 unspecified atom stereocenters. The van der Waals surface area contributed by atoms with Crippen molar-refractivity contribution in [3.8, 4) is 0 Å². The number of rotatable bonds is 5. The zero-order valence-corrected chi connectivity index (χ0v) is 11.7. The molecule has 1 saturated carbocycles. The van der Waals surface area contributed by atoms with Crippen molar-refractivity contribution in [2.75, 3.05) is 18.1 Å². The van der Waals surface area contributed by atoms with Gasteiger partial charge in [-0.2, -0.15) is 0 Å². The number of aromatic nitrogens is 2. The van der Waals surface area contributed by atoms with Crippen molar-refractivity contribution in [2.45, 2.75) is 45.6 Å². The van der Waals surface area contributed by atoms with Crippen molar-refractivity contribution in [3.63, 3.8) is 0 Å². The molecule has 0 atom stereocenters. The lowest BCUT2D eigenvalue weighted by molar-refractivity contribution is 0.282. The van der Waals surface area contributed by atoms with Crippen LogP contribution in [0.25, 0.3) is 0 Å². The average molecular weight is 270 g/mol. The fraction of sp³-hybridized carbons (Fsp3) is 0.692. The Labute approximate surface area is 113 Å². The molecule has 2 rings (SSSR count). The maximum atomic E-state index is 9.01. The van der Waals surface area contributed by atoms with Crippen LogP contribution in [0.15, 0.2) is 0 Å². The van der Waals surface area contributed by atoms with E-state index < -0.39 is 0 Å². The van der Waals surface area contributed by atoms with Crippen LogP contribution in [0.5, 0.6) is 0 Å². The van der Waals surface area contributed by atoms with E-state index in [4.69, 9.17) is 16.7 Å². The van der Waals surface area contributed by atoms with Gasteiger partial charge < -0.3 is 10.0 Å². The number of hydrogen-bond donors (Lipinski definition) is 1. The summed E-state index contributed by atoms with van der Waals surface area (Å²) in [6, 6.07) is 0.505. The van der Waals surface area contributed by atoms with Crippen LogP contribution in [0.4, 0.5) is 5.82 Å². The second-order valence-electron chi connectivity index (χ2n) is 4.86. The minimum Gasteiger partial charge on any atom is -0.396 e. The number of halogens is 1. The van der Waals surface area contributed by atoms with Crippen molar-refractivity contribution in [3.05, 3.63) is 16.5 Å². The normalized spacial score (nSPS) is 15.6. The van der Waals surface area contributed by atoms with Gasteiger partial charge in [0.05, 0.1) is 11.4 Å². The second-order valence-corrected chi connectivity index (χ2v) is 5.22. The molecule has 1 aromatic heterocycles. The van der Waals surface area contributed by atoms with Gasteiger partial charge in [-0.15, -0.1) is 0 Å². The highest BCUT2D eigenvalue weighted by molar-refractivity contribution is 6.31. The molecular weight excluding hydrogens is 250 g/mol. The first kappa shape index (κ1) is 13.6. The van der Waals surface area contributed by atoms with Gasteiger partial charge in [-0.25, -0.2) is 9.97 Å². The summed E-state index contributed by atoms with van der Waals surface area (Å²) in [7, 11) is 0. The van der Waals surface area contributed by atoms with Crippen LogP contribution in [0, 0.1) is 13.8 Å². The Morgan fingerprint density at radius 1 is 1.28 bits per heavy atom. The van der Waals surface area contributed by atoms with E-state index in [1.54, 1.807) is 0 Å². The number of anilines is 1. The molecule has 1 aliphatic carbocycles. The maximum Gasteiger partial charge on any atom is 0.171 e. The lowest BCUT2D eigenvalue weighted by Crippen LogP contribution is -2.42. The van der Waals surface area contributed by atoms with Crippen molar-refractivity contribution in [1.82, 2.24) is 9.97 Å². The van der Waals surface area contributed by atoms with E-state index in [-0.39, 0.29) is 6.61 Å². The highest BCUT2D eigenvalue weighted by atomic mass is 35.5. The fourth-order valence-electron chi connectivity index (χ4n) is 2.15. The van der Waals surface area contributed by atoms with Crippen LogP contribution in [0.1, 0.15) is 37.1 Å². The van der Waals surface area contributed by atoms with Crippen LogP contribution in [-0.2, 0) is 0 Å². The number of aliphatic hydroxyl groups excluding tert-OH is 1. The Hall–Kier alpha value is -0.870. The predicted octanol–water partition coefficient (Wildman–Crippen LogP) is 2.49. The average Bonchev–Trinajstić information content (AvgIpc) is 2.27. The van der Waals surface area contributed by atoms with E-state index >= 15 is 0 Å². The molecule has 0 saturated heterocycles. The molecule has 18 heavy (non-hydrogen) atoms. The summed E-state index contributed by atoms with van der Waals surface area (Å²) in [6.45, 7) is 4.85. The second kappa shape index (κ2) is 5.85. The Morgan fingerprint density at radius 2 is 1.94 bits per heavy atom. The lowest BCUT2D eigenvalue weighted by atomic mass is 9.91. The van der Waals surface area contributed by atoms with Gasteiger partial charge in [0, 0.05) is 19.2 Å². The first-order chi connectivity index (χ1) is 8.63. The summed E-state index contributed by atoms with van der Waals surface area (Å²) in [5, 5.41) is 9.48. The van der Waals surface area contributed by atoms with Gasteiger partial charge in [-0.1, -0.05) is 11.6 Å². The molecule has 0 aliphatic heterocycles. The van der Waals surface area contributed by atoms with E-state index in [1.807, 2.05) is 13.8 Å². The number of hydrogen-bond acceptors (Lipinski definition) is 4. The van der Waals surface area contributed by atoms with Crippen LogP contribution in [0.3, 0.4) is 0 Å². The van der Waals surface area contributed by atoms with E-state index in [2.05, 4.69) is 14.9 Å². The third-order valence-corrected chi connectivity index (χ3v) is 3.85. The highest BCUT2D eigenvalue weighted by Gasteiger charge is 2.27. The largest absolute Gasteiger partial charge is 0.396 e. The number of aliphatic hydroxyl groups is 1. The first-order valence-electron chi connectivity index (χ1n) is 6.51. The smallest absolute Gasteiger partial charge is 0.171 e. The Balaban J connectivity index is 2.25. The summed E-state index contributed by atoms with van der Waals surface area (Å²) in [5.74, 6) is 0.776. The number of nitrogens with zero attached hydrogens (tertiary/aromatic N) is 3. The van der Waals surface area contributed by atoms with E-state index in [0.717, 1.165) is 30.2 Å². The van der Waals surface area contributed by atoms with Crippen LogP contribution >= 0.6 is 11.6 Å². The Morgan fingerprint density at radius 3 is 2.50 bits per heavy atom. The summed E-state index contributed by atoms with van der Waals surface area (Å²) in [5.41, 5.74) is 1.79. The summed E-state index contributed by atoms with van der Waals surface area (Å²) >= 11 is 6.22. The topological polar surface area (TPSA) is 49.2 Å². The van der Waals surface area contributed by atoms with E-state index in [1.165, 1.54) is 19.3 Å². The molecule has 0 amide bonds. The Bertz CT molecular complexity index is 421. The van der Waals surface area contributed by atoms with Gasteiger partial charge in [0.1, 0.15) is 0 Å². The lowest BCUT2D eigenvalue weighted by Gasteiger charge is -2.38. The minimum absolute atomic E-state index is 0.194. The molecule has 1 N–H and O–H groups in total. The summed E-state index contributed by atoms with van der Waals surface area (Å²) in [4.78, 5) is 11.1. The molecule has 5 heteroatoms. The van der Waals surface area contributed by atoms with Gasteiger partial charge >= 0.3 is 0 Å². The molecule has 0 spiro atoms. The van der Waals surface area contributed by atoms with Crippen molar-refractivity contribution >= 4 is 17.4 Å². The summed E-state index contributed by atoms with van der Waals surface area (Å²) < 4.78 is 0. The zero-order valence-electron chi connectivity index (χ0n) is 11.0. The van der Waals surface area contributed by atoms with Crippen LogP contribution in [0.2, 0.25) is 5.15 Å². The first-order valence-corrected chi connectivity index (χ1v) is 6.89.